The number of ether oxygens (including phenoxy) is 2. The maximum Gasteiger partial charge on any atom is 0.389 e. The summed E-state index contributed by atoms with van der Waals surface area (Å²) in [5.41, 5.74) is 6.26. The Hall–Kier alpha value is -1.43. The van der Waals surface area contributed by atoms with Crippen LogP contribution in [0, 0.1) is 0 Å². The van der Waals surface area contributed by atoms with Crippen molar-refractivity contribution in [2.75, 3.05) is 14.2 Å². The molecule has 0 bridgehead atoms. The number of benzene rings is 1. The van der Waals surface area contributed by atoms with Crippen LogP contribution in [0.25, 0.3) is 0 Å². The van der Waals surface area contributed by atoms with Gasteiger partial charge in [0.2, 0.25) is 0 Å². The van der Waals surface area contributed by atoms with Crippen LogP contribution in [0.2, 0.25) is 0 Å². The first-order valence-corrected chi connectivity index (χ1v) is 5.42. The minimum absolute atomic E-state index is 0.208. The number of nitrogens with two attached hydrogens (primary N) is 1. The highest BCUT2D eigenvalue weighted by atomic mass is 19.4. The largest absolute Gasteiger partial charge is 0.496 e. The SMILES string of the molecule is COc1cccc(OC)c1C(N)CCC(F)(F)F. The zero-order valence-corrected chi connectivity index (χ0v) is 10.3. The Balaban J connectivity index is 2.92. The van der Waals surface area contributed by atoms with E-state index in [1.807, 2.05) is 0 Å². The minimum Gasteiger partial charge on any atom is -0.496 e. The molecule has 0 saturated heterocycles. The molecule has 1 unspecified atom stereocenters. The van der Waals surface area contributed by atoms with Crippen LogP contribution < -0.4 is 15.2 Å². The molecule has 0 aliphatic heterocycles. The van der Waals surface area contributed by atoms with Crippen molar-refractivity contribution in [3.8, 4) is 11.5 Å². The standard InChI is InChI=1S/C12H16F3NO2/c1-17-9-4-3-5-10(18-2)11(9)8(16)6-7-12(13,14)15/h3-5,8H,6-7,16H2,1-2H3. The molecule has 0 fully saturated rings. The summed E-state index contributed by atoms with van der Waals surface area (Å²) in [5.74, 6) is 0.869. The maximum atomic E-state index is 12.2. The topological polar surface area (TPSA) is 44.5 Å². The summed E-state index contributed by atoms with van der Waals surface area (Å²) in [4.78, 5) is 0. The number of hydrogen-bond acceptors (Lipinski definition) is 3. The van der Waals surface area contributed by atoms with Gasteiger partial charge in [-0.2, -0.15) is 13.2 Å². The van der Waals surface area contributed by atoms with Crippen LogP contribution in [-0.2, 0) is 0 Å². The van der Waals surface area contributed by atoms with Gasteiger partial charge in [-0.3, -0.25) is 0 Å². The summed E-state index contributed by atoms with van der Waals surface area (Å²) in [5, 5.41) is 0. The molecule has 0 spiro atoms. The normalized spacial score (nSPS) is 13.2. The van der Waals surface area contributed by atoms with Gasteiger partial charge in [0.1, 0.15) is 11.5 Å². The van der Waals surface area contributed by atoms with Gasteiger partial charge in [0.25, 0.3) is 0 Å². The predicted octanol–water partition coefficient (Wildman–Crippen LogP) is 3.05. The molecule has 0 aliphatic rings. The van der Waals surface area contributed by atoms with E-state index in [1.54, 1.807) is 18.2 Å². The molecule has 0 saturated carbocycles. The maximum absolute atomic E-state index is 12.2. The first-order valence-electron chi connectivity index (χ1n) is 5.42. The van der Waals surface area contributed by atoms with E-state index in [0.717, 1.165) is 0 Å². The summed E-state index contributed by atoms with van der Waals surface area (Å²) in [6.07, 6.45) is -5.36. The summed E-state index contributed by atoms with van der Waals surface area (Å²) in [7, 11) is 2.88. The molecular formula is C12H16F3NO2. The van der Waals surface area contributed by atoms with Crippen molar-refractivity contribution in [2.45, 2.75) is 25.1 Å². The molecule has 1 rings (SSSR count). The van der Waals surface area contributed by atoms with Crippen LogP contribution in [0.5, 0.6) is 11.5 Å². The van der Waals surface area contributed by atoms with Crippen LogP contribution in [0.15, 0.2) is 18.2 Å². The number of alkyl halides is 3. The van der Waals surface area contributed by atoms with Crippen molar-refractivity contribution >= 4 is 0 Å². The minimum atomic E-state index is -4.22. The number of halogens is 3. The second-order valence-electron chi connectivity index (χ2n) is 3.84. The molecule has 3 nitrogen and oxygen atoms in total. The van der Waals surface area contributed by atoms with Gasteiger partial charge < -0.3 is 15.2 Å². The molecule has 1 aromatic rings. The highest BCUT2D eigenvalue weighted by Crippen LogP contribution is 2.36. The summed E-state index contributed by atoms with van der Waals surface area (Å²) >= 11 is 0. The van der Waals surface area contributed by atoms with E-state index in [2.05, 4.69) is 0 Å². The van der Waals surface area contributed by atoms with E-state index in [0.29, 0.717) is 17.1 Å². The Kier molecular flexibility index (Phi) is 4.84. The van der Waals surface area contributed by atoms with Gasteiger partial charge in [-0.1, -0.05) is 6.07 Å². The van der Waals surface area contributed by atoms with Gasteiger partial charge in [0.15, 0.2) is 0 Å². The summed E-state index contributed by atoms with van der Waals surface area (Å²) in [6.45, 7) is 0. The lowest BCUT2D eigenvalue weighted by Crippen LogP contribution is -2.17. The Morgan fingerprint density at radius 3 is 2.06 bits per heavy atom. The molecule has 0 radical (unpaired) electrons. The molecule has 18 heavy (non-hydrogen) atoms. The smallest absolute Gasteiger partial charge is 0.389 e. The third-order valence-corrected chi connectivity index (χ3v) is 2.58. The number of methoxy groups -OCH3 is 2. The van der Waals surface area contributed by atoms with Crippen molar-refractivity contribution in [1.29, 1.82) is 0 Å². The first-order chi connectivity index (χ1) is 8.39. The van der Waals surface area contributed by atoms with E-state index in [-0.39, 0.29) is 6.42 Å². The fourth-order valence-electron chi connectivity index (χ4n) is 1.71. The lowest BCUT2D eigenvalue weighted by molar-refractivity contribution is -0.136. The lowest BCUT2D eigenvalue weighted by atomic mass is 10.0. The van der Waals surface area contributed by atoms with Gasteiger partial charge in [-0.15, -0.1) is 0 Å². The lowest BCUT2D eigenvalue weighted by Gasteiger charge is -2.19. The average molecular weight is 263 g/mol. The average Bonchev–Trinajstić information content (AvgIpc) is 2.33. The molecule has 1 aromatic carbocycles. The van der Waals surface area contributed by atoms with E-state index in [9.17, 15) is 13.2 Å². The third kappa shape index (κ3) is 3.80. The summed E-state index contributed by atoms with van der Waals surface area (Å²) < 4.78 is 46.7. The van der Waals surface area contributed by atoms with E-state index in [1.165, 1.54) is 14.2 Å². The van der Waals surface area contributed by atoms with Crippen LogP contribution >= 0.6 is 0 Å². The van der Waals surface area contributed by atoms with Crippen molar-refractivity contribution in [3.63, 3.8) is 0 Å². The Labute approximate surface area is 104 Å². The molecule has 6 heteroatoms. The van der Waals surface area contributed by atoms with Crippen LogP contribution in [0.4, 0.5) is 13.2 Å². The second kappa shape index (κ2) is 5.95. The van der Waals surface area contributed by atoms with Crippen molar-refractivity contribution in [2.24, 2.45) is 5.73 Å². The van der Waals surface area contributed by atoms with Gasteiger partial charge >= 0.3 is 6.18 Å². The molecule has 0 amide bonds. The van der Waals surface area contributed by atoms with Crippen LogP contribution in [-0.4, -0.2) is 20.4 Å². The Morgan fingerprint density at radius 2 is 1.67 bits per heavy atom. The van der Waals surface area contributed by atoms with E-state index >= 15 is 0 Å². The molecule has 1 atom stereocenters. The number of hydrogen-bond donors (Lipinski definition) is 1. The quantitative estimate of drug-likeness (QED) is 0.888. The van der Waals surface area contributed by atoms with Gasteiger partial charge in [0.05, 0.1) is 19.8 Å². The number of rotatable bonds is 5. The molecule has 0 aliphatic carbocycles. The molecule has 0 aromatic heterocycles. The van der Waals surface area contributed by atoms with Crippen molar-refractivity contribution in [1.82, 2.24) is 0 Å². The van der Waals surface area contributed by atoms with E-state index < -0.39 is 18.6 Å². The fourth-order valence-corrected chi connectivity index (χ4v) is 1.71. The molecular weight excluding hydrogens is 247 g/mol. The van der Waals surface area contributed by atoms with Crippen LogP contribution in [0.1, 0.15) is 24.4 Å². The summed E-state index contributed by atoms with van der Waals surface area (Å²) in [6, 6.07) is 4.20. The van der Waals surface area contributed by atoms with Gasteiger partial charge in [-0.05, 0) is 18.6 Å². The fraction of sp³-hybridized carbons (Fsp3) is 0.500. The molecule has 2 N–H and O–H groups in total. The predicted molar refractivity (Wildman–Crippen MR) is 61.8 cm³/mol. The zero-order chi connectivity index (χ0) is 13.8. The Bertz CT molecular complexity index is 371. The van der Waals surface area contributed by atoms with Crippen molar-refractivity contribution in [3.05, 3.63) is 23.8 Å². The van der Waals surface area contributed by atoms with E-state index in [4.69, 9.17) is 15.2 Å². The van der Waals surface area contributed by atoms with Crippen LogP contribution in [0.3, 0.4) is 0 Å². The van der Waals surface area contributed by atoms with Gasteiger partial charge in [-0.25, -0.2) is 0 Å². The first kappa shape index (κ1) is 14.6. The Morgan fingerprint density at radius 1 is 1.17 bits per heavy atom. The monoisotopic (exact) mass is 263 g/mol. The molecule has 0 heterocycles. The third-order valence-electron chi connectivity index (χ3n) is 2.58. The highest BCUT2D eigenvalue weighted by molar-refractivity contribution is 5.46. The van der Waals surface area contributed by atoms with Crippen molar-refractivity contribution < 1.29 is 22.6 Å². The molecule has 102 valence electrons. The second-order valence-corrected chi connectivity index (χ2v) is 3.84. The van der Waals surface area contributed by atoms with Gasteiger partial charge in [0, 0.05) is 12.5 Å². The zero-order valence-electron chi connectivity index (χ0n) is 10.3. The highest BCUT2D eigenvalue weighted by Gasteiger charge is 2.29.